The van der Waals surface area contributed by atoms with Gasteiger partial charge in [0.15, 0.2) is 0 Å². The number of carbonyl (C=O) groups excluding carboxylic acids is 4. The average Bonchev–Trinajstić information content (AvgIpc) is 3.63. The molecule has 0 saturated carbocycles. The van der Waals surface area contributed by atoms with Crippen molar-refractivity contribution in [3.8, 4) is 0 Å². The number of nitrogens with zero attached hydrogens (tertiary/aromatic N) is 2. The summed E-state index contributed by atoms with van der Waals surface area (Å²) in [5.41, 5.74) is -1.52. The zero-order chi connectivity index (χ0) is 34.1. The van der Waals surface area contributed by atoms with Crippen LogP contribution in [0.25, 0.3) is 0 Å². The molecule has 11 heteroatoms. The maximum atomic E-state index is 14.9. The molecule has 1 aromatic rings. The summed E-state index contributed by atoms with van der Waals surface area (Å²) in [6, 6.07) is 7.29. The lowest BCUT2D eigenvalue weighted by Crippen LogP contribution is -2.61. The number of methoxy groups -OCH3 is 1. The van der Waals surface area contributed by atoms with Gasteiger partial charge in [-0.05, 0) is 37.7 Å². The number of β-amino-alcohol motifs (C(OH)–C–C–N with tert-alkyl or cyclic N) is 1. The van der Waals surface area contributed by atoms with Gasteiger partial charge >= 0.3 is 5.97 Å². The number of benzene rings is 1. The highest BCUT2D eigenvalue weighted by atomic mass is 16.6. The van der Waals surface area contributed by atoms with Crippen LogP contribution in [0, 0.1) is 17.3 Å². The number of likely N-dealkylation sites (tertiary alicyclic amines) is 1. The van der Waals surface area contributed by atoms with Gasteiger partial charge in [0.1, 0.15) is 23.7 Å². The van der Waals surface area contributed by atoms with Gasteiger partial charge in [-0.2, -0.15) is 0 Å². The van der Waals surface area contributed by atoms with E-state index in [1.54, 1.807) is 17.1 Å². The summed E-state index contributed by atoms with van der Waals surface area (Å²) in [5.74, 6) is -3.74. The van der Waals surface area contributed by atoms with Crippen molar-refractivity contribution in [2.45, 2.75) is 89.3 Å². The summed E-state index contributed by atoms with van der Waals surface area (Å²) < 4.78 is 18.2. The van der Waals surface area contributed by atoms with Gasteiger partial charge in [0.05, 0.1) is 31.3 Å². The maximum Gasteiger partial charge on any atom is 0.313 e. The van der Waals surface area contributed by atoms with Gasteiger partial charge in [-0.15, -0.1) is 0 Å². The average molecular weight is 652 g/mol. The summed E-state index contributed by atoms with van der Waals surface area (Å²) >= 11 is 0. The molecule has 0 unspecified atom stereocenters. The number of nitrogens with one attached hydrogen (secondary N) is 1. The highest BCUT2D eigenvalue weighted by molar-refractivity contribution is 5.99. The third-order valence-electron chi connectivity index (χ3n) is 9.60. The number of aliphatic hydroxyl groups is 1. The zero-order valence-corrected chi connectivity index (χ0v) is 28.3. The Morgan fingerprint density at radius 1 is 1.04 bits per heavy atom. The highest BCUT2D eigenvalue weighted by Crippen LogP contribution is 2.56. The first-order chi connectivity index (χ1) is 22.2. The molecular formula is C36H49N3O8. The molecule has 4 aliphatic rings. The van der Waals surface area contributed by atoms with E-state index in [0.717, 1.165) is 0 Å². The predicted octanol–water partition coefficient (Wildman–Crippen LogP) is 2.94. The van der Waals surface area contributed by atoms with Crippen LogP contribution in [0.5, 0.6) is 0 Å². The van der Waals surface area contributed by atoms with Crippen molar-refractivity contribution in [2.24, 2.45) is 17.3 Å². The van der Waals surface area contributed by atoms with E-state index in [9.17, 15) is 24.3 Å². The Morgan fingerprint density at radius 2 is 1.77 bits per heavy atom. The van der Waals surface area contributed by atoms with Crippen LogP contribution in [0.3, 0.4) is 0 Å². The summed E-state index contributed by atoms with van der Waals surface area (Å²) in [5, 5.41) is 13.1. The Labute approximate surface area is 277 Å². The Morgan fingerprint density at radius 3 is 2.43 bits per heavy atom. The fourth-order valence-corrected chi connectivity index (χ4v) is 8.15. The van der Waals surface area contributed by atoms with E-state index in [1.807, 2.05) is 56.3 Å². The van der Waals surface area contributed by atoms with Crippen molar-refractivity contribution in [1.29, 1.82) is 0 Å². The van der Waals surface area contributed by atoms with Crippen molar-refractivity contribution >= 4 is 23.7 Å². The minimum atomic E-state index is -1.41. The number of amides is 3. The molecule has 5 bridgehead atoms. The lowest BCUT2D eigenvalue weighted by Gasteiger charge is -2.45. The molecule has 2 saturated heterocycles. The van der Waals surface area contributed by atoms with E-state index in [2.05, 4.69) is 26.1 Å². The molecule has 4 aliphatic heterocycles. The van der Waals surface area contributed by atoms with Crippen LogP contribution in [0.4, 0.5) is 0 Å². The van der Waals surface area contributed by atoms with Crippen molar-refractivity contribution in [1.82, 2.24) is 15.1 Å². The van der Waals surface area contributed by atoms with Gasteiger partial charge in [0.2, 0.25) is 17.7 Å². The molecule has 1 aromatic carbocycles. The summed E-state index contributed by atoms with van der Waals surface area (Å²) in [7, 11) is 1.51. The Kier molecular flexibility index (Phi) is 10.0. The molecule has 4 heterocycles. The standard InChI is InChI=1S/C36H49N3O8/c1-34(2,3)22-35(4,5)39-18-12-8-11-15-26(41)37-24(21-45-6)29(23-13-9-7-10-14-23)46-33(44)27-25-16-17-36(47-25)28(27)31(42)38(19-20-40)30(36)32(39)43/h7-10,12-14,16-17,24-25,27-30,40H,11,15,18-22H2,1-6H3,(H,37,41)/b12-8-/t24-,25+,27-,28-,29-,30+,36-/m1/s1. The number of fused-ring (bicyclic) bond motifs is 2. The number of rotatable bonds is 7. The molecule has 1 spiro atoms. The van der Waals surface area contributed by atoms with E-state index in [-0.39, 0.29) is 50.0 Å². The van der Waals surface area contributed by atoms with Crippen molar-refractivity contribution < 1.29 is 38.5 Å². The number of esters is 1. The fraction of sp³-hybridized carbons (Fsp3) is 0.611. The second-order valence-electron chi connectivity index (χ2n) is 14.9. The number of hydrogen-bond acceptors (Lipinski definition) is 8. The second kappa shape index (κ2) is 13.5. The van der Waals surface area contributed by atoms with Crippen molar-refractivity contribution in [3.63, 3.8) is 0 Å². The smallest absolute Gasteiger partial charge is 0.313 e. The van der Waals surface area contributed by atoms with E-state index in [4.69, 9.17) is 14.2 Å². The third kappa shape index (κ3) is 6.75. The summed E-state index contributed by atoms with van der Waals surface area (Å²) in [6.45, 7) is 10.2. The first-order valence-electron chi connectivity index (χ1n) is 16.5. The van der Waals surface area contributed by atoms with E-state index < -0.39 is 59.1 Å². The highest BCUT2D eigenvalue weighted by Gasteiger charge is 2.73. The van der Waals surface area contributed by atoms with Crippen LogP contribution in [0.1, 0.15) is 65.5 Å². The maximum absolute atomic E-state index is 14.9. The van der Waals surface area contributed by atoms with Crippen LogP contribution in [-0.2, 0) is 33.4 Å². The van der Waals surface area contributed by atoms with Gasteiger partial charge in [-0.3, -0.25) is 19.2 Å². The Balaban J connectivity index is 1.61. The lowest BCUT2D eigenvalue weighted by atomic mass is 9.74. The molecule has 2 N–H and O–H groups in total. The Bertz CT molecular complexity index is 1400. The molecular weight excluding hydrogens is 602 g/mol. The van der Waals surface area contributed by atoms with Gasteiger partial charge in [0.25, 0.3) is 0 Å². The largest absolute Gasteiger partial charge is 0.455 e. The summed E-state index contributed by atoms with van der Waals surface area (Å²) in [4.78, 5) is 59.8. The van der Waals surface area contributed by atoms with Crippen LogP contribution >= 0.6 is 0 Å². The Hall–Kier alpha value is -3.54. The van der Waals surface area contributed by atoms with E-state index in [1.165, 1.54) is 12.0 Å². The molecule has 0 aliphatic carbocycles. The van der Waals surface area contributed by atoms with Crippen LogP contribution in [-0.4, -0.2) is 101 Å². The number of cyclic esters (lactones) is 1. The quantitative estimate of drug-likeness (QED) is 0.340. The van der Waals surface area contributed by atoms with E-state index >= 15 is 0 Å². The molecule has 2 fully saturated rings. The molecule has 256 valence electrons. The van der Waals surface area contributed by atoms with Gasteiger partial charge in [-0.25, -0.2) is 0 Å². The van der Waals surface area contributed by atoms with E-state index in [0.29, 0.717) is 18.4 Å². The number of ether oxygens (including phenoxy) is 3. The topological polar surface area (TPSA) is 135 Å². The molecule has 47 heavy (non-hydrogen) atoms. The molecule has 11 nitrogen and oxygen atoms in total. The number of carbonyl (C=O) groups is 4. The van der Waals surface area contributed by atoms with Crippen molar-refractivity contribution in [2.75, 3.05) is 33.4 Å². The normalized spacial score (nSPS) is 32.4. The molecule has 0 aromatic heterocycles. The predicted molar refractivity (Wildman–Crippen MR) is 174 cm³/mol. The second-order valence-corrected chi connectivity index (χ2v) is 14.9. The minimum absolute atomic E-state index is 0.0733. The molecule has 0 radical (unpaired) electrons. The lowest BCUT2D eigenvalue weighted by molar-refractivity contribution is -0.162. The van der Waals surface area contributed by atoms with Gasteiger partial charge < -0.3 is 34.4 Å². The SMILES string of the molecule is COC[C@H]1NC(=O)CC/C=C\CN(C(C)(C)CC(C)(C)C)C(=O)[C@@H]2N(CCO)C(=O)[C@H]3[C@H](C(=O)O[C@@H]1c1ccccc1)[C@@H]1C=C[C@]23O1. The monoisotopic (exact) mass is 651 g/mol. The molecule has 5 rings (SSSR count). The molecule has 3 amide bonds. The van der Waals surface area contributed by atoms with Crippen LogP contribution in [0.2, 0.25) is 0 Å². The number of aliphatic hydroxyl groups excluding tert-OH is 1. The van der Waals surface area contributed by atoms with Gasteiger partial charge in [0, 0.05) is 32.2 Å². The minimum Gasteiger partial charge on any atom is -0.455 e. The molecule has 7 atom stereocenters. The number of hydrogen-bond donors (Lipinski definition) is 2. The zero-order valence-electron chi connectivity index (χ0n) is 28.3. The summed E-state index contributed by atoms with van der Waals surface area (Å²) in [6.07, 6.45) is 6.81. The van der Waals surface area contributed by atoms with Crippen molar-refractivity contribution in [3.05, 3.63) is 60.2 Å². The third-order valence-corrected chi connectivity index (χ3v) is 9.60. The first kappa shape index (κ1) is 34.8. The van der Waals surface area contributed by atoms with Crippen LogP contribution in [0.15, 0.2) is 54.6 Å². The number of allylic oxidation sites excluding steroid dienone is 1. The first-order valence-corrected chi connectivity index (χ1v) is 16.5. The van der Waals surface area contributed by atoms with Crippen LogP contribution < -0.4 is 5.32 Å². The fourth-order valence-electron chi connectivity index (χ4n) is 8.15. The van der Waals surface area contributed by atoms with Gasteiger partial charge in [-0.1, -0.05) is 75.4 Å².